The molecule has 0 spiro atoms. The minimum Gasteiger partial charge on any atom is -0.347 e. The number of benzene rings is 1. The Morgan fingerprint density at radius 1 is 1.32 bits per heavy atom. The van der Waals surface area contributed by atoms with Crippen LogP contribution in [0.4, 0.5) is 0 Å². The number of hydrogen-bond acceptors (Lipinski definition) is 5. The standard InChI is InChI=1S/C16H18N4O4S/c1-12-18-20(10-15(21)17-14-7-8-25(23,24)11-14)16(22)19(12)9-13-5-3-2-4-6-13/h2-8,14H,9-11H2,1H3,(H,17,21). The summed E-state index contributed by atoms with van der Waals surface area (Å²) in [6.45, 7) is 1.81. The predicted molar refractivity (Wildman–Crippen MR) is 91.6 cm³/mol. The number of carbonyl (C=O) groups is 1. The normalized spacial score (nSPS) is 18.4. The van der Waals surface area contributed by atoms with E-state index in [0.717, 1.165) is 15.7 Å². The zero-order valence-electron chi connectivity index (χ0n) is 13.6. The average molecular weight is 362 g/mol. The van der Waals surface area contributed by atoms with Crippen LogP contribution in [0.15, 0.2) is 46.6 Å². The van der Waals surface area contributed by atoms with Crippen LogP contribution in [0.3, 0.4) is 0 Å². The van der Waals surface area contributed by atoms with E-state index in [1.165, 1.54) is 10.6 Å². The highest BCUT2D eigenvalue weighted by atomic mass is 32.2. The Kier molecular flexibility index (Phi) is 4.58. The van der Waals surface area contributed by atoms with Gasteiger partial charge in [0.1, 0.15) is 12.4 Å². The van der Waals surface area contributed by atoms with Crippen LogP contribution in [0.25, 0.3) is 0 Å². The second kappa shape index (κ2) is 6.67. The van der Waals surface area contributed by atoms with Crippen LogP contribution in [0.2, 0.25) is 0 Å². The molecule has 0 bridgehead atoms. The lowest BCUT2D eigenvalue weighted by Gasteiger charge is -2.09. The molecule has 0 saturated heterocycles. The molecule has 1 aromatic carbocycles. The molecule has 132 valence electrons. The molecule has 8 nitrogen and oxygen atoms in total. The highest BCUT2D eigenvalue weighted by molar-refractivity contribution is 7.94. The summed E-state index contributed by atoms with van der Waals surface area (Å²) < 4.78 is 25.3. The van der Waals surface area contributed by atoms with E-state index in [0.29, 0.717) is 12.4 Å². The zero-order valence-corrected chi connectivity index (χ0v) is 14.4. The van der Waals surface area contributed by atoms with Crippen molar-refractivity contribution in [2.45, 2.75) is 26.1 Å². The van der Waals surface area contributed by atoms with Crippen molar-refractivity contribution >= 4 is 15.7 Å². The minimum atomic E-state index is -3.24. The number of hydrogen-bond donors (Lipinski definition) is 1. The Hall–Kier alpha value is -2.68. The van der Waals surface area contributed by atoms with Crippen LogP contribution in [-0.2, 0) is 27.7 Å². The molecule has 2 heterocycles. The smallest absolute Gasteiger partial charge is 0.346 e. The first-order valence-corrected chi connectivity index (χ1v) is 9.44. The van der Waals surface area contributed by atoms with Gasteiger partial charge in [0, 0.05) is 5.41 Å². The van der Waals surface area contributed by atoms with E-state index >= 15 is 0 Å². The molecular formula is C16H18N4O4S. The summed E-state index contributed by atoms with van der Waals surface area (Å²) in [5, 5.41) is 7.78. The zero-order chi connectivity index (χ0) is 18.0. The fourth-order valence-corrected chi connectivity index (χ4v) is 3.89. The van der Waals surface area contributed by atoms with Gasteiger partial charge in [-0.15, -0.1) is 0 Å². The van der Waals surface area contributed by atoms with E-state index < -0.39 is 21.8 Å². The van der Waals surface area contributed by atoms with Crippen LogP contribution in [0.5, 0.6) is 0 Å². The molecule has 1 amide bonds. The number of nitrogens with zero attached hydrogens (tertiary/aromatic N) is 3. The quantitative estimate of drug-likeness (QED) is 0.795. The molecule has 0 saturated carbocycles. The third kappa shape index (κ3) is 4.05. The van der Waals surface area contributed by atoms with Gasteiger partial charge in [0.15, 0.2) is 9.84 Å². The molecule has 25 heavy (non-hydrogen) atoms. The first kappa shape index (κ1) is 17.2. The van der Waals surface area contributed by atoms with Crippen molar-refractivity contribution in [2.24, 2.45) is 0 Å². The summed E-state index contributed by atoms with van der Waals surface area (Å²) in [6, 6.07) is 8.91. The van der Waals surface area contributed by atoms with Crippen molar-refractivity contribution < 1.29 is 13.2 Å². The number of aromatic nitrogens is 3. The molecular weight excluding hydrogens is 344 g/mol. The Morgan fingerprint density at radius 2 is 2.04 bits per heavy atom. The van der Waals surface area contributed by atoms with Crippen molar-refractivity contribution in [1.82, 2.24) is 19.7 Å². The maximum Gasteiger partial charge on any atom is 0.346 e. The number of amides is 1. The summed E-state index contributed by atoms with van der Waals surface area (Å²) in [5.41, 5.74) is 0.573. The van der Waals surface area contributed by atoms with Gasteiger partial charge in [-0.25, -0.2) is 17.9 Å². The first-order chi connectivity index (χ1) is 11.8. The van der Waals surface area contributed by atoms with Crippen molar-refractivity contribution in [2.75, 3.05) is 5.75 Å². The summed E-state index contributed by atoms with van der Waals surface area (Å²) in [5.74, 6) is -0.113. The van der Waals surface area contributed by atoms with Gasteiger partial charge >= 0.3 is 5.69 Å². The Labute approximate surface area is 144 Å². The van der Waals surface area contributed by atoms with E-state index in [4.69, 9.17) is 0 Å². The van der Waals surface area contributed by atoms with Gasteiger partial charge < -0.3 is 5.32 Å². The van der Waals surface area contributed by atoms with Gasteiger partial charge in [-0.2, -0.15) is 5.10 Å². The van der Waals surface area contributed by atoms with E-state index in [1.807, 2.05) is 30.3 Å². The summed E-state index contributed by atoms with van der Waals surface area (Å²) in [7, 11) is -3.24. The lowest BCUT2D eigenvalue weighted by atomic mass is 10.2. The SMILES string of the molecule is Cc1nn(CC(=O)NC2C=CS(=O)(=O)C2)c(=O)n1Cc1ccccc1. The Bertz CT molecular complexity index is 973. The van der Waals surface area contributed by atoms with Gasteiger partial charge in [-0.1, -0.05) is 30.3 Å². The fraction of sp³-hybridized carbons (Fsp3) is 0.312. The molecule has 0 radical (unpaired) electrons. The molecule has 2 aromatic rings. The van der Waals surface area contributed by atoms with Crippen LogP contribution in [0, 0.1) is 6.92 Å². The molecule has 1 unspecified atom stereocenters. The summed E-state index contributed by atoms with van der Waals surface area (Å²) in [4.78, 5) is 24.5. The minimum absolute atomic E-state index is 0.158. The number of rotatable bonds is 5. The van der Waals surface area contributed by atoms with Crippen LogP contribution in [-0.4, -0.2) is 40.5 Å². The summed E-state index contributed by atoms with van der Waals surface area (Å²) >= 11 is 0. The molecule has 3 rings (SSSR count). The lowest BCUT2D eigenvalue weighted by molar-refractivity contribution is -0.122. The van der Waals surface area contributed by atoms with Crippen LogP contribution in [0.1, 0.15) is 11.4 Å². The molecule has 9 heteroatoms. The van der Waals surface area contributed by atoms with Crippen molar-refractivity contribution in [1.29, 1.82) is 0 Å². The fourth-order valence-electron chi connectivity index (χ4n) is 2.65. The maximum atomic E-state index is 12.4. The van der Waals surface area contributed by atoms with Gasteiger partial charge in [0.05, 0.1) is 18.3 Å². The second-order valence-electron chi connectivity index (χ2n) is 5.89. The van der Waals surface area contributed by atoms with Crippen molar-refractivity contribution in [3.05, 3.63) is 63.7 Å². The lowest BCUT2D eigenvalue weighted by Crippen LogP contribution is -2.39. The molecule has 1 aromatic heterocycles. The monoisotopic (exact) mass is 362 g/mol. The number of nitrogens with one attached hydrogen (secondary N) is 1. The van der Waals surface area contributed by atoms with Crippen LogP contribution < -0.4 is 11.0 Å². The number of aryl methyl sites for hydroxylation is 1. The van der Waals surface area contributed by atoms with Gasteiger partial charge in [-0.3, -0.25) is 9.36 Å². The third-order valence-electron chi connectivity index (χ3n) is 3.86. The Balaban J connectivity index is 1.69. The highest BCUT2D eigenvalue weighted by Gasteiger charge is 2.23. The number of carbonyl (C=O) groups excluding carboxylic acids is 1. The van der Waals surface area contributed by atoms with Crippen molar-refractivity contribution in [3.8, 4) is 0 Å². The second-order valence-corrected chi connectivity index (χ2v) is 7.82. The summed E-state index contributed by atoms with van der Waals surface area (Å²) in [6.07, 6.45) is 1.43. The van der Waals surface area contributed by atoms with Gasteiger partial charge in [-0.05, 0) is 18.6 Å². The highest BCUT2D eigenvalue weighted by Crippen LogP contribution is 2.07. The van der Waals surface area contributed by atoms with E-state index in [9.17, 15) is 18.0 Å². The van der Waals surface area contributed by atoms with Gasteiger partial charge in [0.25, 0.3) is 0 Å². The third-order valence-corrected chi connectivity index (χ3v) is 5.26. The average Bonchev–Trinajstić information content (AvgIpc) is 3.02. The number of sulfone groups is 1. The van der Waals surface area contributed by atoms with Gasteiger partial charge in [0.2, 0.25) is 5.91 Å². The molecule has 1 N–H and O–H groups in total. The first-order valence-electron chi connectivity index (χ1n) is 7.72. The largest absolute Gasteiger partial charge is 0.347 e. The predicted octanol–water partition coefficient (Wildman–Crippen LogP) is -0.172. The molecule has 1 atom stereocenters. The van der Waals surface area contributed by atoms with Crippen molar-refractivity contribution in [3.63, 3.8) is 0 Å². The molecule has 1 aliphatic rings. The van der Waals surface area contributed by atoms with Crippen LogP contribution >= 0.6 is 0 Å². The maximum absolute atomic E-state index is 12.4. The topological polar surface area (TPSA) is 103 Å². The van der Waals surface area contributed by atoms with E-state index in [2.05, 4.69) is 10.4 Å². The molecule has 1 aliphatic heterocycles. The molecule has 0 fully saturated rings. The molecule has 0 aliphatic carbocycles. The van der Waals surface area contributed by atoms with E-state index in [-0.39, 0.29) is 18.0 Å². The van der Waals surface area contributed by atoms with E-state index in [1.54, 1.807) is 6.92 Å². The Morgan fingerprint density at radius 3 is 2.68 bits per heavy atom.